The maximum atomic E-state index is 13.0. The van der Waals surface area contributed by atoms with Gasteiger partial charge in [0, 0.05) is 45.1 Å². The Morgan fingerprint density at radius 1 is 1.00 bits per heavy atom. The summed E-state index contributed by atoms with van der Waals surface area (Å²) in [6.45, 7) is 5.33. The third kappa shape index (κ3) is 4.92. The number of aryl methyl sites for hydroxylation is 2. The van der Waals surface area contributed by atoms with E-state index in [2.05, 4.69) is 10.2 Å². The predicted molar refractivity (Wildman–Crippen MR) is 123 cm³/mol. The summed E-state index contributed by atoms with van der Waals surface area (Å²) in [6.07, 6.45) is 3.23. The molecule has 3 aromatic rings. The molecule has 12 heteroatoms. The lowest BCUT2D eigenvalue weighted by atomic mass is 10.3. The minimum Gasteiger partial charge on any atom is -0.497 e. The summed E-state index contributed by atoms with van der Waals surface area (Å²) in [7, 11) is -2.06. The quantitative estimate of drug-likeness (QED) is 0.473. The first-order chi connectivity index (χ1) is 16.3. The van der Waals surface area contributed by atoms with Crippen LogP contribution in [0.5, 0.6) is 11.5 Å². The van der Waals surface area contributed by atoms with Crippen LogP contribution in [0.3, 0.4) is 0 Å². The number of benzene rings is 1. The van der Waals surface area contributed by atoms with Crippen LogP contribution in [0.2, 0.25) is 0 Å². The van der Waals surface area contributed by atoms with Gasteiger partial charge >= 0.3 is 0 Å². The van der Waals surface area contributed by atoms with Crippen molar-refractivity contribution in [2.45, 2.75) is 32.0 Å². The van der Waals surface area contributed by atoms with Crippen molar-refractivity contribution >= 4 is 15.9 Å². The second-order valence-corrected chi connectivity index (χ2v) is 9.73. The van der Waals surface area contributed by atoms with Crippen LogP contribution >= 0.6 is 0 Å². The highest BCUT2D eigenvalue weighted by Gasteiger charge is 2.33. The van der Waals surface area contributed by atoms with E-state index in [0.717, 1.165) is 5.75 Å². The molecule has 1 amide bonds. The Morgan fingerprint density at radius 3 is 2.29 bits per heavy atom. The molecule has 1 saturated heterocycles. The zero-order valence-corrected chi connectivity index (χ0v) is 20.2. The molecule has 1 fully saturated rings. The molecule has 1 aliphatic heterocycles. The van der Waals surface area contributed by atoms with E-state index >= 15 is 0 Å². The molecule has 0 atom stereocenters. The number of nitrogens with zero attached hydrogens (tertiary/aromatic N) is 6. The van der Waals surface area contributed by atoms with Crippen LogP contribution in [0.4, 0.5) is 0 Å². The number of hydrogen-bond donors (Lipinski definition) is 0. The van der Waals surface area contributed by atoms with E-state index in [0.29, 0.717) is 18.0 Å². The van der Waals surface area contributed by atoms with Crippen molar-refractivity contribution in [3.8, 4) is 11.5 Å². The minimum absolute atomic E-state index is 0.149. The number of ether oxygens (including phenoxy) is 2. The third-order valence-electron chi connectivity index (χ3n) is 5.65. The molecule has 4 rings (SSSR count). The molecule has 0 unspecified atom stereocenters. The normalized spacial score (nSPS) is 14.9. The molecule has 0 saturated carbocycles. The Balaban J connectivity index is 1.33. The Hall–Kier alpha value is -3.38. The summed E-state index contributed by atoms with van der Waals surface area (Å²) >= 11 is 0. The van der Waals surface area contributed by atoms with Gasteiger partial charge in [-0.1, -0.05) is 0 Å². The van der Waals surface area contributed by atoms with Gasteiger partial charge < -0.3 is 14.4 Å². The van der Waals surface area contributed by atoms with E-state index in [1.165, 1.54) is 8.99 Å². The SMILES string of the molecule is CCn1cc(S(=O)(=O)N2CCN(C(=O)c3ccn(COc4ccc(OC)cc4)n3)CC2)c(C)n1. The molecule has 34 heavy (non-hydrogen) atoms. The van der Waals surface area contributed by atoms with Crippen molar-refractivity contribution in [3.05, 3.63) is 54.1 Å². The van der Waals surface area contributed by atoms with Crippen molar-refractivity contribution in [2.24, 2.45) is 0 Å². The molecule has 0 bridgehead atoms. The zero-order valence-electron chi connectivity index (χ0n) is 19.4. The Kier molecular flexibility index (Phi) is 6.89. The monoisotopic (exact) mass is 488 g/mol. The van der Waals surface area contributed by atoms with E-state index < -0.39 is 10.0 Å². The number of carbonyl (C=O) groups is 1. The molecule has 3 heterocycles. The molecule has 11 nitrogen and oxygen atoms in total. The first kappa shape index (κ1) is 23.8. The highest BCUT2D eigenvalue weighted by atomic mass is 32.2. The van der Waals surface area contributed by atoms with Crippen LogP contribution < -0.4 is 9.47 Å². The summed E-state index contributed by atoms with van der Waals surface area (Å²) in [6, 6.07) is 8.80. The molecule has 0 N–H and O–H groups in total. The standard InChI is InChI=1S/C22H28N6O5S/c1-4-26-15-21(17(2)23-26)34(30,31)28-13-11-25(12-14-28)22(29)20-9-10-27(24-20)16-33-19-7-5-18(32-3)6-8-19/h5-10,15H,4,11-14,16H2,1-3H3. The molecule has 0 aliphatic carbocycles. The number of rotatable bonds is 8. The van der Waals surface area contributed by atoms with E-state index in [4.69, 9.17) is 9.47 Å². The highest BCUT2D eigenvalue weighted by Crippen LogP contribution is 2.21. The van der Waals surface area contributed by atoms with E-state index in [9.17, 15) is 13.2 Å². The second kappa shape index (κ2) is 9.85. The van der Waals surface area contributed by atoms with Gasteiger partial charge in [0.1, 0.15) is 16.4 Å². The fraction of sp³-hybridized carbons (Fsp3) is 0.409. The predicted octanol–water partition coefficient (Wildman–Crippen LogP) is 1.60. The van der Waals surface area contributed by atoms with Crippen LogP contribution in [-0.2, 0) is 23.3 Å². The molecule has 1 aliphatic rings. The Bertz CT molecular complexity index is 1240. The van der Waals surface area contributed by atoms with Crippen LogP contribution in [0.25, 0.3) is 0 Å². The smallest absolute Gasteiger partial charge is 0.274 e. The zero-order chi connectivity index (χ0) is 24.3. The lowest BCUT2D eigenvalue weighted by Gasteiger charge is -2.33. The average Bonchev–Trinajstić information content (AvgIpc) is 3.49. The first-order valence-electron chi connectivity index (χ1n) is 11.0. The maximum Gasteiger partial charge on any atom is 0.274 e. The van der Waals surface area contributed by atoms with Gasteiger partial charge in [0.25, 0.3) is 5.91 Å². The fourth-order valence-electron chi connectivity index (χ4n) is 3.71. The molecule has 2 aromatic heterocycles. The Morgan fingerprint density at radius 2 is 1.68 bits per heavy atom. The number of piperazine rings is 1. The van der Waals surface area contributed by atoms with Crippen LogP contribution in [-0.4, -0.2) is 76.4 Å². The lowest BCUT2D eigenvalue weighted by molar-refractivity contribution is 0.0690. The summed E-state index contributed by atoms with van der Waals surface area (Å²) in [5.74, 6) is 1.15. The van der Waals surface area contributed by atoms with Crippen LogP contribution in [0.1, 0.15) is 23.1 Å². The van der Waals surface area contributed by atoms with Gasteiger partial charge in [-0.25, -0.2) is 13.1 Å². The van der Waals surface area contributed by atoms with Crippen molar-refractivity contribution in [1.29, 1.82) is 0 Å². The number of sulfonamides is 1. The minimum atomic E-state index is -3.66. The number of hydrogen-bond acceptors (Lipinski definition) is 7. The largest absolute Gasteiger partial charge is 0.497 e. The molecule has 0 spiro atoms. The van der Waals surface area contributed by atoms with Gasteiger partial charge in [-0.2, -0.15) is 14.5 Å². The van der Waals surface area contributed by atoms with E-state index in [-0.39, 0.29) is 49.4 Å². The lowest BCUT2D eigenvalue weighted by Crippen LogP contribution is -2.50. The molecule has 182 valence electrons. The molecular formula is C22H28N6O5S. The van der Waals surface area contributed by atoms with Gasteiger partial charge in [0.15, 0.2) is 12.4 Å². The van der Waals surface area contributed by atoms with Gasteiger partial charge in [0.05, 0.1) is 12.8 Å². The van der Waals surface area contributed by atoms with Crippen molar-refractivity contribution in [1.82, 2.24) is 28.8 Å². The van der Waals surface area contributed by atoms with E-state index in [1.54, 1.807) is 66.3 Å². The summed E-state index contributed by atoms with van der Waals surface area (Å²) in [5, 5.41) is 8.54. The van der Waals surface area contributed by atoms with Gasteiger partial charge in [0.2, 0.25) is 10.0 Å². The van der Waals surface area contributed by atoms with Crippen LogP contribution in [0.15, 0.2) is 47.6 Å². The second-order valence-electron chi connectivity index (χ2n) is 7.82. The molecular weight excluding hydrogens is 460 g/mol. The molecule has 1 aromatic carbocycles. The maximum absolute atomic E-state index is 13.0. The summed E-state index contributed by atoms with van der Waals surface area (Å²) in [5.41, 5.74) is 0.762. The highest BCUT2D eigenvalue weighted by molar-refractivity contribution is 7.89. The number of aromatic nitrogens is 4. The summed E-state index contributed by atoms with van der Waals surface area (Å²) < 4.78 is 41.4. The van der Waals surface area contributed by atoms with Crippen molar-refractivity contribution in [2.75, 3.05) is 33.3 Å². The van der Waals surface area contributed by atoms with Gasteiger partial charge in [-0.15, -0.1) is 0 Å². The fourth-order valence-corrected chi connectivity index (χ4v) is 5.30. The van der Waals surface area contributed by atoms with Gasteiger partial charge in [-0.05, 0) is 44.2 Å². The number of methoxy groups -OCH3 is 1. The number of amides is 1. The Labute approximate surface area is 198 Å². The van der Waals surface area contributed by atoms with Gasteiger partial charge in [-0.3, -0.25) is 9.48 Å². The van der Waals surface area contributed by atoms with Crippen molar-refractivity contribution < 1.29 is 22.7 Å². The first-order valence-corrected chi connectivity index (χ1v) is 12.4. The topological polar surface area (TPSA) is 112 Å². The summed E-state index contributed by atoms with van der Waals surface area (Å²) in [4.78, 5) is 14.7. The van der Waals surface area contributed by atoms with E-state index in [1.807, 2.05) is 6.92 Å². The average molecular weight is 489 g/mol. The third-order valence-corrected chi connectivity index (χ3v) is 7.65. The number of carbonyl (C=O) groups excluding carboxylic acids is 1. The van der Waals surface area contributed by atoms with Crippen molar-refractivity contribution in [3.63, 3.8) is 0 Å². The molecule has 0 radical (unpaired) electrons. The van der Waals surface area contributed by atoms with Crippen LogP contribution in [0, 0.1) is 6.92 Å².